The summed E-state index contributed by atoms with van der Waals surface area (Å²) in [6.07, 6.45) is 5.50. The lowest BCUT2D eigenvalue weighted by Crippen LogP contribution is -2.39. The Hall–Kier alpha value is -3.11. The topological polar surface area (TPSA) is 83.6 Å². The zero-order valence-corrected chi connectivity index (χ0v) is 16.1. The minimum Gasteiger partial charge on any atom is -0.273 e. The molecule has 0 aliphatic heterocycles. The summed E-state index contributed by atoms with van der Waals surface area (Å²) < 4.78 is 27.5. The van der Waals surface area contributed by atoms with Crippen LogP contribution >= 0.6 is 0 Å². The molecule has 0 atom stereocenters. The van der Waals surface area contributed by atoms with E-state index in [1.165, 1.54) is 18.2 Å². The maximum absolute atomic E-state index is 12.8. The summed E-state index contributed by atoms with van der Waals surface area (Å²) in [7, 11) is -4.23. The molecule has 6 nitrogen and oxygen atoms in total. The van der Waals surface area contributed by atoms with E-state index in [2.05, 4.69) is 6.04 Å². The van der Waals surface area contributed by atoms with Gasteiger partial charge in [-0.05, 0) is 24.3 Å². The highest BCUT2D eigenvalue weighted by atomic mass is 32.2. The Labute approximate surface area is 159 Å². The van der Waals surface area contributed by atoms with E-state index in [-0.39, 0.29) is 10.6 Å². The summed E-state index contributed by atoms with van der Waals surface area (Å²) in [5, 5.41) is 0. The molecule has 0 heterocycles. The van der Waals surface area contributed by atoms with Gasteiger partial charge in [0, 0.05) is 17.0 Å². The van der Waals surface area contributed by atoms with Gasteiger partial charge in [0.15, 0.2) is 0 Å². The number of amides is 2. The SMILES string of the molecule is C#CN(C(=O)c1ccccc1)c1ccccc1S(=O)(=O)NC(=O)C(C)(C)C. The van der Waals surface area contributed by atoms with Crippen LogP contribution in [0, 0.1) is 17.9 Å². The molecule has 0 aliphatic carbocycles. The maximum atomic E-state index is 12.8. The summed E-state index contributed by atoms with van der Waals surface area (Å²) in [4.78, 5) is 25.5. The van der Waals surface area contributed by atoms with Crippen LogP contribution in [0.1, 0.15) is 31.1 Å². The van der Waals surface area contributed by atoms with E-state index >= 15 is 0 Å². The molecule has 0 spiro atoms. The maximum Gasteiger partial charge on any atom is 0.270 e. The minimum atomic E-state index is -4.23. The summed E-state index contributed by atoms with van der Waals surface area (Å²) in [5.74, 6) is -1.22. The normalized spacial score (nSPS) is 11.3. The molecule has 140 valence electrons. The Balaban J connectivity index is 2.50. The van der Waals surface area contributed by atoms with Crippen molar-refractivity contribution in [2.24, 2.45) is 5.41 Å². The van der Waals surface area contributed by atoms with Crippen LogP contribution in [0.3, 0.4) is 0 Å². The van der Waals surface area contributed by atoms with Crippen molar-refractivity contribution in [3.05, 3.63) is 60.2 Å². The van der Waals surface area contributed by atoms with Gasteiger partial charge in [-0.25, -0.2) is 18.0 Å². The predicted molar refractivity (Wildman–Crippen MR) is 103 cm³/mol. The van der Waals surface area contributed by atoms with Gasteiger partial charge in [0.05, 0.1) is 5.69 Å². The Morgan fingerprint density at radius 3 is 2.11 bits per heavy atom. The minimum absolute atomic E-state index is 0.0111. The molecule has 0 saturated carbocycles. The predicted octanol–water partition coefficient (Wildman–Crippen LogP) is 2.78. The molecule has 0 unspecified atom stereocenters. The molecule has 0 fully saturated rings. The van der Waals surface area contributed by atoms with Crippen molar-refractivity contribution in [3.8, 4) is 12.5 Å². The van der Waals surface area contributed by atoms with Crippen LogP contribution in [0.4, 0.5) is 5.69 Å². The van der Waals surface area contributed by atoms with Gasteiger partial charge < -0.3 is 0 Å². The van der Waals surface area contributed by atoms with Crippen LogP contribution < -0.4 is 9.62 Å². The fourth-order valence-corrected chi connectivity index (χ4v) is 3.50. The number of terminal acetylenes is 1. The van der Waals surface area contributed by atoms with Crippen molar-refractivity contribution in [2.75, 3.05) is 4.90 Å². The van der Waals surface area contributed by atoms with Crippen LogP contribution in [-0.2, 0) is 14.8 Å². The van der Waals surface area contributed by atoms with Crippen LogP contribution in [-0.4, -0.2) is 20.2 Å². The molecular weight excluding hydrogens is 364 g/mol. The number of hydrogen-bond acceptors (Lipinski definition) is 4. The Kier molecular flexibility index (Phi) is 5.72. The van der Waals surface area contributed by atoms with Gasteiger partial charge >= 0.3 is 0 Å². The van der Waals surface area contributed by atoms with Crippen molar-refractivity contribution in [2.45, 2.75) is 25.7 Å². The van der Waals surface area contributed by atoms with Gasteiger partial charge in [-0.15, -0.1) is 0 Å². The van der Waals surface area contributed by atoms with E-state index in [0.29, 0.717) is 5.56 Å². The number of nitrogens with one attached hydrogen (secondary N) is 1. The average Bonchev–Trinajstić information content (AvgIpc) is 2.62. The lowest BCUT2D eigenvalue weighted by atomic mass is 9.96. The van der Waals surface area contributed by atoms with E-state index in [0.717, 1.165) is 4.90 Å². The van der Waals surface area contributed by atoms with Crippen LogP contribution in [0.5, 0.6) is 0 Å². The summed E-state index contributed by atoms with van der Waals surface area (Å²) in [6.45, 7) is 4.78. The molecule has 0 bridgehead atoms. The third kappa shape index (κ3) is 4.54. The summed E-state index contributed by atoms with van der Waals surface area (Å²) >= 11 is 0. The Morgan fingerprint density at radius 2 is 1.56 bits per heavy atom. The largest absolute Gasteiger partial charge is 0.273 e. The number of para-hydroxylation sites is 1. The molecule has 27 heavy (non-hydrogen) atoms. The third-order valence-corrected chi connectivity index (χ3v) is 5.04. The summed E-state index contributed by atoms with van der Waals surface area (Å²) in [5.41, 5.74) is -0.613. The number of benzene rings is 2. The van der Waals surface area contributed by atoms with E-state index in [1.807, 2.05) is 4.72 Å². The van der Waals surface area contributed by atoms with Crippen LogP contribution in [0.2, 0.25) is 0 Å². The van der Waals surface area contributed by atoms with Gasteiger partial charge in [0.25, 0.3) is 15.9 Å². The second-order valence-corrected chi connectivity index (χ2v) is 8.44. The van der Waals surface area contributed by atoms with Crippen molar-refractivity contribution >= 4 is 27.5 Å². The second-order valence-electron chi connectivity index (χ2n) is 6.79. The quantitative estimate of drug-likeness (QED) is 0.649. The van der Waals surface area contributed by atoms with Gasteiger partial charge in [-0.3, -0.25) is 9.59 Å². The molecule has 2 aromatic carbocycles. The number of nitrogens with zero attached hydrogens (tertiary/aromatic N) is 1. The first-order valence-corrected chi connectivity index (χ1v) is 9.58. The fraction of sp³-hybridized carbons (Fsp3) is 0.200. The molecule has 2 rings (SSSR count). The molecule has 7 heteroatoms. The van der Waals surface area contributed by atoms with E-state index < -0.39 is 27.3 Å². The first kappa shape index (κ1) is 20.2. The van der Waals surface area contributed by atoms with E-state index in [1.54, 1.807) is 57.2 Å². The Morgan fingerprint density at radius 1 is 1.00 bits per heavy atom. The highest BCUT2D eigenvalue weighted by molar-refractivity contribution is 7.90. The molecule has 2 aromatic rings. The van der Waals surface area contributed by atoms with Crippen molar-refractivity contribution < 1.29 is 18.0 Å². The van der Waals surface area contributed by atoms with Gasteiger partial charge in [0.1, 0.15) is 4.90 Å². The van der Waals surface area contributed by atoms with Crippen molar-refractivity contribution in [1.82, 2.24) is 4.72 Å². The first-order chi connectivity index (χ1) is 12.6. The van der Waals surface area contributed by atoms with Crippen molar-refractivity contribution in [3.63, 3.8) is 0 Å². The number of rotatable bonds is 4. The van der Waals surface area contributed by atoms with E-state index in [4.69, 9.17) is 6.42 Å². The lowest BCUT2D eigenvalue weighted by Gasteiger charge is -2.21. The highest BCUT2D eigenvalue weighted by Crippen LogP contribution is 2.27. The molecule has 2 amide bonds. The molecule has 0 saturated heterocycles. The Bertz CT molecular complexity index is 1000. The third-order valence-electron chi connectivity index (χ3n) is 3.66. The smallest absolute Gasteiger partial charge is 0.270 e. The zero-order chi connectivity index (χ0) is 20.2. The van der Waals surface area contributed by atoms with Crippen LogP contribution in [0.25, 0.3) is 0 Å². The van der Waals surface area contributed by atoms with Crippen LogP contribution in [0.15, 0.2) is 59.5 Å². The molecular formula is C20H20N2O4S. The molecule has 0 radical (unpaired) electrons. The highest BCUT2D eigenvalue weighted by Gasteiger charge is 2.30. The van der Waals surface area contributed by atoms with Gasteiger partial charge in [-0.1, -0.05) is 57.5 Å². The number of anilines is 1. The average molecular weight is 384 g/mol. The number of carbonyl (C=O) groups is 2. The summed E-state index contributed by atoms with van der Waals surface area (Å²) in [6, 6.07) is 16.2. The fourth-order valence-electron chi connectivity index (χ4n) is 2.15. The number of hydrogen-bond donors (Lipinski definition) is 1. The van der Waals surface area contributed by atoms with Crippen molar-refractivity contribution in [1.29, 1.82) is 0 Å². The standard InChI is InChI=1S/C20H20N2O4S/c1-5-22(18(23)15-11-7-6-8-12-15)16-13-9-10-14-17(16)27(25,26)21-19(24)20(2,3)4/h1,6-14H,2-4H3,(H,21,24). The zero-order valence-electron chi connectivity index (χ0n) is 15.3. The first-order valence-electron chi connectivity index (χ1n) is 8.10. The number of carbonyl (C=O) groups excluding carboxylic acids is 2. The van der Waals surface area contributed by atoms with Gasteiger partial charge in [0.2, 0.25) is 5.91 Å². The number of sulfonamides is 1. The molecule has 1 N–H and O–H groups in total. The molecule has 0 aromatic heterocycles. The lowest BCUT2D eigenvalue weighted by molar-refractivity contribution is -0.126. The van der Waals surface area contributed by atoms with E-state index in [9.17, 15) is 18.0 Å². The van der Waals surface area contributed by atoms with Gasteiger partial charge in [-0.2, -0.15) is 0 Å². The molecule has 0 aliphatic rings. The second kappa shape index (κ2) is 7.64. The monoisotopic (exact) mass is 384 g/mol.